The van der Waals surface area contributed by atoms with E-state index in [1.165, 1.54) is 10.6 Å². The zero-order valence-electron chi connectivity index (χ0n) is 10.4. The zero-order chi connectivity index (χ0) is 12.1. The van der Waals surface area contributed by atoms with Crippen LogP contribution in [0.4, 0.5) is 0 Å². The van der Waals surface area contributed by atoms with Crippen molar-refractivity contribution in [3.05, 3.63) is 40.3 Å². The molecule has 17 heavy (non-hydrogen) atoms. The molecule has 0 saturated carbocycles. The van der Waals surface area contributed by atoms with E-state index < -0.39 is 0 Å². The summed E-state index contributed by atoms with van der Waals surface area (Å²) in [5, 5.41) is 9.98. The Hall–Kier alpha value is -1.13. The van der Waals surface area contributed by atoms with Crippen LogP contribution >= 0.6 is 11.3 Å². The molecule has 92 valence electrons. The van der Waals surface area contributed by atoms with Crippen molar-refractivity contribution in [1.82, 2.24) is 15.1 Å². The average Bonchev–Trinajstić information content (AvgIpc) is 2.97. The fourth-order valence-corrected chi connectivity index (χ4v) is 2.58. The van der Waals surface area contributed by atoms with Crippen LogP contribution in [-0.2, 0) is 13.1 Å². The third-order valence-corrected chi connectivity index (χ3v) is 3.85. The van der Waals surface area contributed by atoms with E-state index in [1.54, 1.807) is 11.3 Å². The second-order valence-corrected chi connectivity index (χ2v) is 5.14. The van der Waals surface area contributed by atoms with E-state index in [1.807, 2.05) is 6.20 Å². The Balaban J connectivity index is 1.91. The Labute approximate surface area is 106 Å². The van der Waals surface area contributed by atoms with Gasteiger partial charge in [-0.15, -0.1) is 11.3 Å². The Morgan fingerprint density at radius 1 is 1.47 bits per heavy atom. The lowest BCUT2D eigenvalue weighted by Gasteiger charge is -2.13. The average molecular weight is 249 g/mol. The molecule has 0 fully saturated rings. The first-order valence-electron chi connectivity index (χ1n) is 6.08. The van der Waals surface area contributed by atoms with Crippen LogP contribution in [0.2, 0.25) is 0 Å². The fraction of sp³-hybridized carbons (Fsp3) is 0.462. The lowest BCUT2D eigenvalue weighted by molar-refractivity contribution is 0.520. The van der Waals surface area contributed by atoms with Crippen LogP contribution in [-0.4, -0.2) is 9.78 Å². The summed E-state index contributed by atoms with van der Waals surface area (Å²) < 4.78 is 2.08. The Bertz CT molecular complexity index is 433. The first-order chi connectivity index (χ1) is 8.31. The summed E-state index contributed by atoms with van der Waals surface area (Å²) in [6.07, 6.45) is 3.00. The molecular weight excluding hydrogens is 230 g/mol. The fourth-order valence-electron chi connectivity index (χ4n) is 1.82. The van der Waals surface area contributed by atoms with Crippen LogP contribution in [0, 0.1) is 0 Å². The molecule has 0 aliphatic heterocycles. The summed E-state index contributed by atoms with van der Waals surface area (Å²) in [6.45, 7) is 6.25. The minimum atomic E-state index is 0.403. The lowest BCUT2D eigenvalue weighted by atomic mass is 10.2. The largest absolute Gasteiger partial charge is 0.304 e. The predicted molar refractivity (Wildman–Crippen MR) is 72.1 cm³/mol. The van der Waals surface area contributed by atoms with Crippen LogP contribution in [0.15, 0.2) is 29.8 Å². The third kappa shape index (κ3) is 3.17. The van der Waals surface area contributed by atoms with E-state index in [4.69, 9.17) is 0 Å². The van der Waals surface area contributed by atoms with Crippen molar-refractivity contribution < 1.29 is 0 Å². The van der Waals surface area contributed by atoms with Crippen molar-refractivity contribution >= 4 is 11.3 Å². The van der Waals surface area contributed by atoms with Gasteiger partial charge >= 0.3 is 0 Å². The molecule has 0 saturated heterocycles. The smallest absolute Gasteiger partial charge is 0.0522 e. The maximum Gasteiger partial charge on any atom is 0.0522 e. The van der Waals surface area contributed by atoms with Crippen LogP contribution in [0.1, 0.15) is 36.9 Å². The Morgan fingerprint density at radius 2 is 2.35 bits per heavy atom. The van der Waals surface area contributed by atoms with Crippen molar-refractivity contribution in [2.45, 2.75) is 39.4 Å². The van der Waals surface area contributed by atoms with Gasteiger partial charge in [-0.05, 0) is 30.9 Å². The lowest BCUT2D eigenvalue weighted by Crippen LogP contribution is -2.19. The van der Waals surface area contributed by atoms with Crippen LogP contribution in [0.3, 0.4) is 0 Å². The molecule has 2 aromatic heterocycles. The van der Waals surface area contributed by atoms with Gasteiger partial charge in [-0.25, -0.2) is 0 Å². The van der Waals surface area contributed by atoms with Crippen molar-refractivity contribution in [3.63, 3.8) is 0 Å². The summed E-state index contributed by atoms with van der Waals surface area (Å²) in [7, 11) is 0. The summed E-state index contributed by atoms with van der Waals surface area (Å²) in [5.41, 5.74) is 1.26. The molecule has 0 aromatic carbocycles. The topological polar surface area (TPSA) is 29.9 Å². The van der Waals surface area contributed by atoms with Crippen molar-refractivity contribution in [1.29, 1.82) is 0 Å². The molecular formula is C13H19N3S. The van der Waals surface area contributed by atoms with Crippen molar-refractivity contribution in [3.8, 4) is 0 Å². The van der Waals surface area contributed by atoms with E-state index in [-0.39, 0.29) is 0 Å². The van der Waals surface area contributed by atoms with Crippen LogP contribution in [0.25, 0.3) is 0 Å². The number of nitrogens with one attached hydrogen (secondary N) is 1. The first kappa shape index (κ1) is 12.3. The number of thiophene rings is 1. The van der Waals surface area contributed by atoms with Gasteiger partial charge in [0.2, 0.25) is 0 Å². The number of hydrogen-bond acceptors (Lipinski definition) is 3. The number of nitrogens with zero attached hydrogens (tertiary/aromatic N) is 2. The Morgan fingerprint density at radius 3 is 3.06 bits per heavy atom. The minimum absolute atomic E-state index is 0.403. The van der Waals surface area contributed by atoms with Gasteiger partial charge < -0.3 is 5.32 Å². The molecule has 0 bridgehead atoms. The summed E-state index contributed by atoms with van der Waals surface area (Å²) in [4.78, 5) is 1.38. The normalized spacial score (nSPS) is 12.8. The van der Waals surface area contributed by atoms with Gasteiger partial charge in [0.05, 0.1) is 5.69 Å². The third-order valence-electron chi connectivity index (χ3n) is 2.80. The van der Waals surface area contributed by atoms with Crippen LogP contribution in [0.5, 0.6) is 0 Å². The molecule has 2 heterocycles. The van der Waals surface area contributed by atoms with E-state index in [2.05, 4.69) is 52.5 Å². The molecule has 0 radical (unpaired) electrons. The van der Waals surface area contributed by atoms with Gasteiger partial charge in [0.1, 0.15) is 0 Å². The maximum absolute atomic E-state index is 4.33. The number of aryl methyl sites for hydroxylation is 1. The van der Waals surface area contributed by atoms with Gasteiger partial charge in [-0.1, -0.05) is 13.0 Å². The maximum atomic E-state index is 4.33. The summed E-state index contributed by atoms with van der Waals surface area (Å²) >= 11 is 1.80. The molecule has 4 heteroatoms. The second kappa shape index (κ2) is 5.98. The molecule has 1 N–H and O–H groups in total. The SMILES string of the molecule is CCCn1nccc1CN[C@@H](C)c1cccs1. The molecule has 0 aliphatic rings. The number of rotatable bonds is 6. The monoisotopic (exact) mass is 249 g/mol. The van der Waals surface area contributed by atoms with Gasteiger partial charge in [0, 0.05) is 30.2 Å². The highest BCUT2D eigenvalue weighted by Gasteiger charge is 2.07. The number of aromatic nitrogens is 2. The summed E-state index contributed by atoms with van der Waals surface area (Å²) in [5.74, 6) is 0. The highest BCUT2D eigenvalue weighted by Crippen LogP contribution is 2.18. The van der Waals surface area contributed by atoms with E-state index in [0.29, 0.717) is 6.04 Å². The van der Waals surface area contributed by atoms with Crippen molar-refractivity contribution in [2.24, 2.45) is 0 Å². The quantitative estimate of drug-likeness (QED) is 0.852. The van der Waals surface area contributed by atoms with Crippen molar-refractivity contribution in [2.75, 3.05) is 0 Å². The highest BCUT2D eigenvalue weighted by atomic mass is 32.1. The Kier molecular flexibility index (Phi) is 4.34. The standard InChI is InChI=1S/C13H19N3S/c1-3-8-16-12(6-7-15-16)10-14-11(2)13-5-4-9-17-13/h4-7,9,11,14H,3,8,10H2,1-2H3/t11-/m0/s1. The molecule has 3 nitrogen and oxygen atoms in total. The van der Waals surface area contributed by atoms with Gasteiger partial charge in [-0.2, -0.15) is 5.10 Å². The van der Waals surface area contributed by atoms with Gasteiger partial charge in [0.25, 0.3) is 0 Å². The minimum Gasteiger partial charge on any atom is -0.304 e. The van der Waals surface area contributed by atoms with Gasteiger partial charge in [-0.3, -0.25) is 4.68 Å². The van der Waals surface area contributed by atoms with E-state index >= 15 is 0 Å². The molecule has 0 spiro atoms. The molecule has 1 atom stereocenters. The summed E-state index contributed by atoms with van der Waals surface area (Å²) in [6, 6.07) is 6.76. The van der Waals surface area contributed by atoms with E-state index in [0.717, 1.165) is 19.5 Å². The molecule has 0 amide bonds. The highest BCUT2D eigenvalue weighted by molar-refractivity contribution is 7.10. The molecule has 2 aromatic rings. The van der Waals surface area contributed by atoms with Crippen LogP contribution < -0.4 is 5.32 Å². The molecule has 2 rings (SSSR count). The number of hydrogen-bond donors (Lipinski definition) is 1. The first-order valence-corrected chi connectivity index (χ1v) is 6.96. The van der Waals surface area contributed by atoms with E-state index in [9.17, 15) is 0 Å². The predicted octanol–water partition coefficient (Wildman–Crippen LogP) is 3.21. The van der Waals surface area contributed by atoms with Gasteiger partial charge in [0.15, 0.2) is 0 Å². The molecule has 0 unspecified atom stereocenters. The zero-order valence-corrected chi connectivity index (χ0v) is 11.2. The second-order valence-electron chi connectivity index (χ2n) is 4.16. The molecule has 0 aliphatic carbocycles.